The van der Waals surface area contributed by atoms with Crippen LogP contribution in [0.3, 0.4) is 0 Å². The third kappa shape index (κ3) is 9.96. The average molecular weight is 380 g/mol. The van der Waals surface area contributed by atoms with Gasteiger partial charge in [-0.2, -0.15) is 0 Å². The fourth-order valence-electron chi connectivity index (χ4n) is 4.62. The highest BCUT2D eigenvalue weighted by Crippen LogP contribution is 2.26. The van der Waals surface area contributed by atoms with E-state index in [0.717, 1.165) is 38.8 Å². The van der Waals surface area contributed by atoms with Crippen LogP contribution in [-0.4, -0.2) is 36.1 Å². The Balaban J connectivity index is 1.30. The summed E-state index contributed by atoms with van der Waals surface area (Å²) < 4.78 is 5.81. The Bertz CT molecular complexity index is 373. The third-order valence-corrected chi connectivity index (χ3v) is 6.39. The van der Waals surface area contributed by atoms with Crippen LogP contribution in [0.4, 0.5) is 0 Å². The fourth-order valence-corrected chi connectivity index (χ4v) is 4.62. The number of likely N-dealkylation sites (tertiary alicyclic amines) is 1. The number of amides is 1. The van der Waals surface area contributed by atoms with Crippen LogP contribution in [0.25, 0.3) is 0 Å². The number of rotatable bonds is 16. The number of fused-ring (bicyclic) bond motifs is 2. The van der Waals surface area contributed by atoms with E-state index in [-0.39, 0.29) is 0 Å². The Kier molecular flexibility index (Phi) is 12.1. The van der Waals surface area contributed by atoms with Crippen molar-refractivity contribution in [3.8, 4) is 0 Å². The molecular formula is C24H45NO2. The second-order valence-electron chi connectivity index (χ2n) is 8.96. The molecule has 0 aromatic rings. The van der Waals surface area contributed by atoms with Crippen LogP contribution < -0.4 is 0 Å². The highest BCUT2D eigenvalue weighted by atomic mass is 16.5. The Labute approximate surface area is 168 Å². The molecule has 27 heavy (non-hydrogen) atoms. The van der Waals surface area contributed by atoms with Crippen LogP contribution in [0.1, 0.15) is 122 Å². The van der Waals surface area contributed by atoms with Gasteiger partial charge in [-0.15, -0.1) is 0 Å². The van der Waals surface area contributed by atoms with Gasteiger partial charge in [-0.3, -0.25) is 4.79 Å². The molecule has 2 atom stereocenters. The molecule has 0 aliphatic carbocycles. The Hall–Kier alpha value is -0.570. The average Bonchev–Trinajstić information content (AvgIpc) is 3.02. The maximum Gasteiger partial charge on any atom is 0.222 e. The van der Waals surface area contributed by atoms with Crippen molar-refractivity contribution in [3.05, 3.63) is 0 Å². The summed E-state index contributed by atoms with van der Waals surface area (Å²) in [5.41, 5.74) is 0. The van der Waals surface area contributed by atoms with Gasteiger partial charge in [-0.1, -0.05) is 96.8 Å². The van der Waals surface area contributed by atoms with Gasteiger partial charge in [0.1, 0.15) is 0 Å². The van der Waals surface area contributed by atoms with Crippen LogP contribution >= 0.6 is 0 Å². The number of hydrogen-bond donors (Lipinski definition) is 0. The predicted molar refractivity (Wildman–Crippen MR) is 114 cm³/mol. The first-order valence-electron chi connectivity index (χ1n) is 12.2. The van der Waals surface area contributed by atoms with Crippen molar-refractivity contribution >= 4 is 5.91 Å². The molecule has 2 rings (SSSR count). The molecule has 2 unspecified atom stereocenters. The van der Waals surface area contributed by atoms with Crippen molar-refractivity contribution in [2.75, 3.05) is 13.1 Å². The monoisotopic (exact) mass is 379 g/mol. The van der Waals surface area contributed by atoms with E-state index in [9.17, 15) is 4.79 Å². The van der Waals surface area contributed by atoms with E-state index in [4.69, 9.17) is 4.74 Å². The lowest BCUT2D eigenvalue weighted by molar-refractivity contribution is -0.139. The Morgan fingerprint density at radius 3 is 1.56 bits per heavy atom. The van der Waals surface area contributed by atoms with E-state index in [0.29, 0.717) is 18.1 Å². The zero-order valence-electron chi connectivity index (χ0n) is 18.1. The highest BCUT2D eigenvalue weighted by molar-refractivity contribution is 5.76. The van der Waals surface area contributed by atoms with Crippen molar-refractivity contribution in [3.63, 3.8) is 0 Å². The summed E-state index contributed by atoms with van der Waals surface area (Å²) in [6.07, 6.45) is 24.3. The molecule has 0 spiro atoms. The molecule has 2 fully saturated rings. The minimum atomic E-state index is 0.328. The zero-order valence-corrected chi connectivity index (χ0v) is 18.1. The van der Waals surface area contributed by atoms with E-state index in [1.807, 2.05) is 0 Å². The van der Waals surface area contributed by atoms with Gasteiger partial charge in [0.15, 0.2) is 0 Å². The molecule has 0 aromatic heterocycles. The van der Waals surface area contributed by atoms with Gasteiger partial charge < -0.3 is 9.64 Å². The number of carbonyl (C=O) groups is 1. The molecule has 1 amide bonds. The molecule has 2 bridgehead atoms. The summed E-state index contributed by atoms with van der Waals surface area (Å²) in [6, 6.07) is 0. The maximum absolute atomic E-state index is 12.3. The minimum Gasteiger partial charge on any atom is -0.371 e. The van der Waals surface area contributed by atoms with Crippen LogP contribution in [0.5, 0.6) is 0 Å². The predicted octanol–water partition coefficient (Wildman–Crippen LogP) is 6.64. The molecule has 2 heterocycles. The zero-order chi connectivity index (χ0) is 19.2. The van der Waals surface area contributed by atoms with Gasteiger partial charge >= 0.3 is 0 Å². The molecule has 2 saturated heterocycles. The molecule has 158 valence electrons. The smallest absolute Gasteiger partial charge is 0.222 e. The van der Waals surface area contributed by atoms with Gasteiger partial charge in [0.05, 0.1) is 12.2 Å². The fraction of sp³-hybridized carbons (Fsp3) is 0.958. The van der Waals surface area contributed by atoms with Crippen molar-refractivity contribution in [1.29, 1.82) is 0 Å². The van der Waals surface area contributed by atoms with Crippen LogP contribution in [0.15, 0.2) is 0 Å². The van der Waals surface area contributed by atoms with Crippen LogP contribution in [0.2, 0.25) is 0 Å². The number of carbonyl (C=O) groups excluding carboxylic acids is 1. The van der Waals surface area contributed by atoms with Gasteiger partial charge in [-0.05, 0) is 19.3 Å². The van der Waals surface area contributed by atoms with E-state index >= 15 is 0 Å². The number of unbranched alkanes of at least 4 members (excludes halogenated alkanes) is 14. The third-order valence-electron chi connectivity index (χ3n) is 6.39. The topological polar surface area (TPSA) is 29.5 Å². The van der Waals surface area contributed by atoms with E-state index in [2.05, 4.69) is 11.8 Å². The Morgan fingerprint density at radius 2 is 1.11 bits per heavy atom. The summed E-state index contributed by atoms with van der Waals surface area (Å²) in [7, 11) is 0. The molecule has 0 saturated carbocycles. The van der Waals surface area contributed by atoms with Crippen molar-refractivity contribution < 1.29 is 9.53 Å². The molecule has 0 N–H and O–H groups in total. The second kappa shape index (κ2) is 14.4. The SMILES string of the molecule is CCCCCCCCCCCCCCCCCC(=O)N1CC2CCC(C1)O2. The van der Waals surface area contributed by atoms with Gasteiger partial charge in [0.25, 0.3) is 0 Å². The molecule has 3 nitrogen and oxygen atoms in total. The first-order valence-corrected chi connectivity index (χ1v) is 12.2. The number of hydrogen-bond acceptors (Lipinski definition) is 2. The van der Waals surface area contributed by atoms with Gasteiger partial charge in [0.2, 0.25) is 5.91 Å². The van der Waals surface area contributed by atoms with Crippen molar-refractivity contribution in [2.45, 2.75) is 135 Å². The van der Waals surface area contributed by atoms with Crippen LogP contribution in [-0.2, 0) is 9.53 Å². The molecular weight excluding hydrogens is 334 g/mol. The summed E-state index contributed by atoms with van der Waals surface area (Å²) in [5.74, 6) is 0.366. The van der Waals surface area contributed by atoms with E-state index < -0.39 is 0 Å². The van der Waals surface area contributed by atoms with Crippen molar-refractivity contribution in [1.82, 2.24) is 4.90 Å². The van der Waals surface area contributed by atoms with Gasteiger partial charge in [0, 0.05) is 19.5 Å². The van der Waals surface area contributed by atoms with E-state index in [1.165, 1.54) is 89.9 Å². The van der Waals surface area contributed by atoms with Crippen LogP contribution in [0, 0.1) is 0 Å². The summed E-state index contributed by atoms with van der Waals surface area (Å²) in [5, 5.41) is 0. The standard InChI is InChI=1S/C24H45NO2/c1-2-3-4-5-6-7-8-9-10-11-12-13-14-15-16-17-24(26)25-20-22-18-19-23(21-25)27-22/h22-23H,2-21H2,1H3. The second-order valence-corrected chi connectivity index (χ2v) is 8.96. The summed E-state index contributed by atoms with van der Waals surface area (Å²) in [6.45, 7) is 3.97. The number of morpholine rings is 1. The number of nitrogens with zero attached hydrogens (tertiary/aromatic N) is 1. The first kappa shape index (κ1) is 22.7. The lowest BCUT2D eigenvalue weighted by atomic mass is 10.0. The summed E-state index contributed by atoms with van der Waals surface area (Å²) in [4.78, 5) is 14.4. The molecule has 3 heteroatoms. The molecule has 2 aliphatic heterocycles. The lowest BCUT2D eigenvalue weighted by Gasteiger charge is -2.32. The first-order chi connectivity index (χ1) is 13.3. The van der Waals surface area contributed by atoms with Crippen molar-refractivity contribution in [2.24, 2.45) is 0 Å². The summed E-state index contributed by atoms with van der Waals surface area (Å²) >= 11 is 0. The minimum absolute atomic E-state index is 0.328. The highest BCUT2D eigenvalue weighted by Gasteiger charge is 2.35. The molecule has 0 radical (unpaired) electrons. The molecule has 0 aromatic carbocycles. The van der Waals surface area contributed by atoms with E-state index in [1.54, 1.807) is 0 Å². The largest absolute Gasteiger partial charge is 0.371 e. The Morgan fingerprint density at radius 1 is 0.704 bits per heavy atom. The number of ether oxygens (including phenoxy) is 1. The lowest BCUT2D eigenvalue weighted by Crippen LogP contribution is -2.45. The van der Waals surface area contributed by atoms with Gasteiger partial charge in [-0.25, -0.2) is 0 Å². The normalized spacial score (nSPS) is 21.7. The quantitative estimate of drug-likeness (QED) is 0.281. The molecule has 2 aliphatic rings. The maximum atomic E-state index is 12.3.